The van der Waals surface area contributed by atoms with Crippen LogP contribution in [0.5, 0.6) is 0 Å². The van der Waals surface area contributed by atoms with Crippen molar-refractivity contribution in [3.05, 3.63) is 23.8 Å². The Kier molecular flexibility index (Phi) is 3.97. The number of hydrogen-bond acceptors (Lipinski definition) is 3. The summed E-state index contributed by atoms with van der Waals surface area (Å²) in [6.45, 7) is 6.55. The molecule has 0 fully saturated rings. The summed E-state index contributed by atoms with van der Waals surface area (Å²) < 4.78 is 4.40. The zero-order chi connectivity index (χ0) is 9.72. The Bertz CT molecular complexity index is 248. The molecule has 66 valence electrons. The molecule has 0 radical (unpaired) electrons. The molecule has 0 bridgehead atoms. The summed E-state index contributed by atoms with van der Waals surface area (Å²) in [5.74, 6) is -0.748. The molecule has 12 heavy (non-hydrogen) atoms. The van der Waals surface area contributed by atoms with Gasteiger partial charge in [-0.3, -0.25) is 4.79 Å². The lowest BCUT2D eigenvalue weighted by Crippen LogP contribution is -2.04. The molecule has 0 amide bonds. The summed E-state index contributed by atoms with van der Waals surface area (Å²) >= 11 is 0. The fraction of sp³-hybridized carbons (Fsp3) is 0.333. The molecule has 0 spiro atoms. The van der Waals surface area contributed by atoms with Crippen molar-refractivity contribution >= 4 is 11.8 Å². The standard InChI is InChI=1S/C9H12O3/c1-6(2)8(10)5-7(3)9(11)12-4/h5H,1H2,2-4H3. The first-order valence-electron chi connectivity index (χ1n) is 3.45. The zero-order valence-electron chi connectivity index (χ0n) is 7.51. The Hall–Kier alpha value is -1.38. The van der Waals surface area contributed by atoms with E-state index in [2.05, 4.69) is 11.3 Å². The average molecular weight is 168 g/mol. The van der Waals surface area contributed by atoms with Crippen molar-refractivity contribution in [1.82, 2.24) is 0 Å². The van der Waals surface area contributed by atoms with Gasteiger partial charge in [-0.2, -0.15) is 0 Å². The van der Waals surface area contributed by atoms with Gasteiger partial charge in [0.25, 0.3) is 0 Å². The van der Waals surface area contributed by atoms with Crippen molar-refractivity contribution < 1.29 is 14.3 Å². The summed E-state index contributed by atoms with van der Waals surface area (Å²) in [7, 11) is 1.27. The van der Waals surface area contributed by atoms with Crippen molar-refractivity contribution in [2.45, 2.75) is 13.8 Å². The molecule has 0 aliphatic heterocycles. The predicted molar refractivity (Wildman–Crippen MR) is 45.6 cm³/mol. The fourth-order valence-corrected chi connectivity index (χ4v) is 0.540. The van der Waals surface area contributed by atoms with E-state index in [1.54, 1.807) is 6.92 Å². The molecule has 0 aliphatic carbocycles. The van der Waals surface area contributed by atoms with E-state index in [4.69, 9.17) is 0 Å². The minimum Gasteiger partial charge on any atom is -0.466 e. The van der Waals surface area contributed by atoms with E-state index in [1.807, 2.05) is 0 Å². The minimum atomic E-state index is -0.496. The number of allylic oxidation sites excluding steroid dienone is 2. The Morgan fingerprint density at radius 3 is 2.17 bits per heavy atom. The first-order valence-corrected chi connectivity index (χ1v) is 3.45. The van der Waals surface area contributed by atoms with Crippen LogP contribution in [0.2, 0.25) is 0 Å². The number of carbonyl (C=O) groups excluding carboxylic acids is 2. The number of ketones is 1. The van der Waals surface area contributed by atoms with E-state index in [0.717, 1.165) is 0 Å². The first kappa shape index (κ1) is 10.6. The summed E-state index contributed by atoms with van der Waals surface area (Å²) in [5, 5.41) is 0. The number of ether oxygens (including phenoxy) is 1. The Labute approximate surface area is 71.7 Å². The first-order chi connectivity index (χ1) is 5.49. The van der Waals surface area contributed by atoms with Gasteiger partial charge in [0.1, 0.15) is 0 Å². The molecule has 3 heteroatoms. The lowest BCUT2D eigenvalue weighted by molar-refractivity contribution is -0.136. The second-order valence-electron chi connectivity index (χ2n) is 2.46. The third kappa shape index (κ3) is 3.14. The van der Waals surface area contributed by atoms with Crippen molar-refractivity contribution in [2.24, 2.45) is 0 Å². The molecular weight excluding hydrogens is 156 g/mol. The summed E-state index contributed by atoms with van der Waals surface area (Å²) in [6.07, 6.45) is 1.22. The van der Waals surface area contributed by atoms with Crippen LogP contribution < -0.4 is 0 Å². The maximum absolute atomic E-state index is 11.0. The highest BCUT2D eigenvalue weighted by Gasteiger charge is 2.05. The van der Waals surface area contributed by atoms with Crippen molar-refractivity contribution in [3.63, 3.8) is 0 Å². The van der Waals surface area contributed by atoms with Gasteiger partial charge in [-0.1, -0.05) is 6.58 Å². The van der Waals surface area contributed by atoms with E-state index in [9.17, 15) is 9.59 Å². The Morgan fingerprint density at radius 2 is 1.83 bits per heavy atom. The maximum atomic E-state index is 11.0. The third-order valence-corrected chi connectivity index (χ3v) is 1.28. The molecule has 0 aromatic carbocycles. The fourth-order valence-electron chi connectivity index (χ4n) is 0.540. The Morgan fingerprint density at radius 1 is 1.33 bits per heavy atom. The van der Waals surface area contributed by atoms with Gasteiger partial charge in [-0.25, -0.2) is 4.79 Å². The Balaban J connectivity index is 4.46. The van der Waals surface area contributed by atoms with Gasteiger partial charge in [-0.15, -0.1) is 0 Å². The van der Waals surface area contributed by atoms with Gasteiger partial charge in [0, 0.05) is 5.57 Å². The van der Waals surface area contributed by atoms with Gasteiger partial charge in [-0.05, 0) is 25.5 Å². The van der Waals surface area contributed by atoms with E-state index >= 15 is 0 Å². The molecule has 0 aromatic heterocycles. The van der Waals surface area contributed by atoms with Crippen LogP contribution in [-0.2, 0) is 14.3 Å². The highest BCUT2D eigenvalue weighted by atomic mass is 16.5. The largest absolute Gasteiger partial charge is 0.466 e. The van der Waals surface area contributed by atoms with Crippen molar-refractivity contribution in [3.8, 4) is 0 Å². The molecule has 0 atom stereocenters. The number of methoxy groups -OCH3 is 1. The number of esters is 1. The second kappa shape index (κ2) is 4.49. The topological polar surface area (TPSA) is 43.4 Å². The molecule has 0 aromatic rings. The lowest BCUT2D eigenvalue weighted by atomic mass is 10.1. The molecule has 0 saturated carbocycles. The van der Waals surface area contributed by atoms with E-state index in [-0.39, 0.29) is 11.4 Å². The predicted octanol–water partition coefficient (Wildman–Crippen LogP) is 1.25. The normalized spacial score (nSPS) is 10.8. The average Bonchev–Trinajstić information content (AvgIpc) is 2.02. The molecule has 0 aliphatic rings. The second-order valence-corrected chi connectivity index (χ2v) is 2.46. The highest BCUT2D eigenvalue weighted by Crippen LogP contribution is 1.99. The van der Waals surface area contributed by atoms with Crippen LogP contribution >= 0.6 is 0 Å². The van der Waals surface area contributed by atoms with Crippen LogP contribution in [-0.4, -0.2) is 18.9 Å². The summed E-state index contributed by atoms with van der Waals surface area (Å²) in [6, 6.07) is 0. The van der Waals surface area contributed by atoms with Crippen LogP contribution in [0.25, 0.3) is 0 Å². The van der Waals surface area contributed by atoms with E-state index in [0.29, 0.717) is 5.57 Å². The van der Waals surface area contributed by atoms with Gasteiger partial charge in [0.15, 0.2) is 5.78 Å². The van der Waals surface area contributed by atoms with Crippen LogP contribution in [0.1, 0.15) is 13.8 Å². The highest BCUT2D eigenvalue weighted by molar-refractivity contribution is 6.07. The van der Waals surface area contributed by atoms with Gasteiger partial charge in [0.2, 0.25) is 0 Å². The van der Waals surface area contributed by atoms with E-state index < -0.39 is 5.97 Å². The van der Waals surface area contributed by atoms with Crippen LogP contribution in [0.4, 0.5) is 0 Å². The van der Waals surface area contributed by atoms with Crippen LogP contribution in [0.3, 0.4) is 0 Å². The third-order valence-electron chi connectivity index (χ3n) is 1.28. The molecule has 3 nitrogen and oxygen atoms in total. The maximum Gasteiger partial charge on any atom is 0.333 e. The van der Waals surface area contributed by atoms with Gasteiger partial charge >= 0.3 is 5.97 Å². The SMILES string of the molecule is C=C(C)C(=O)C=C(C)C(=O)OC. The van der Waals surface area contributed by atoms with Gasteiger partial charge < -0.3 is 4.74 Å². The lowest BCUT2D eigenvalue weighted by Gasteiger charge is -1.97. The minimum absolute atomic E-state index is 0.252. The quantitative estimate of drug-likeness (QED) is 0.470. The monoisotopic (exact) mass is 168 g/mol. The molecule has 0 heterocycles. The molecule has 0 rings (SSSR count). The summed E-state index contributed by atoms with van der Waals surface area (Å²) in [4.78, 5) is 21.8. The van der Waals surface area contributed by atoms with E-state index in [1.165, 1.54) is 20.1 Å². The number of hydrogen-bond donors (Lipinski definition) is 0. The van der Waals surface area contributed by atoms with Crippen LogP contribution in [0, 0.1) is 0 Å². The molecule has 0 saturated heterocycles. The molecule has 0 N–H and O–H groups in total. The zero-order valence-corrected chi connectivity index (χ0v) is 7.51. The van der Waals surface area contributed by atoms with Crippen molar-refractivity contribution in [1.29, 1.82) is 0 Å². The van der Waals surface area contributed by atoms with Gasteiger partial charge in [0.05, 0.1) is 7.11 Å². The van der Waals surface area contributed by atoms with Crippen molar-refractivity contribution in [2.75, 3.05) is 7.11 Å². The molecular formula is C9H12O3. The van der Waals surface area contributed by atoms with Crippen LogP contribution in [0.15, 0.2) is 23.8 Å². The number of rotatable bonds is 3. The summed E-state index contributed by atoms with van der Waals surface area (Å²) in [5.41, 5.74) is 0.684. The number of carbonyl (C=O) groups is 2. The smallest absolute Gasteiger partial charge is 0.333 e. The molecule has 0 unspecified atom stereocenters.